The average Bonchev–Trinajstić information content (AvgIpc) is 3.63. The van der Waals surface area contributed by atoms with Crippen molar-refractivity contribution in [2.45, 2.75) is 52.5 Å². The number of hydrogen-bond acceptors (Lipinski definition) is 2. The highest BCUT2D eigenvalue weighted by molar-refractivity contribution is 6.12. The van der Waals surface area contributed by atoms with Crippen LogP contribution >= 0.6 is 0 Å². The van der Waals surface area contributed by atoms with Gasteiger partial charge in [0.1, 0.15) is 5.82 Å². The lowest BCUT2D eigenvalue weighted by Crippen LogP contribution is -2.23. The van der Waals surface area contributed by atoms with Crippen LogP contribution in [0.2, 0.25) is 0 Å². The molecule has 8 rings (SSSR count). The summed E-state index contributed by atoms with van der Waals surface area (Å²) in [6, 6.07) is 39.2. The molecule has 0 atom stereocenters. The lowest BCUT2D eigenvalue weighted by Gasteiger charge is -2.26. The van der Waals surface area contributed by atoms with E-state index in [4.69, 9.17) is 9.97 Å². The molecule has 4 nitrogen and oxygen atoms in total. The van der Waals surface area contributed by atoms with Crippen LogP contribution in [-0.4, -0.2) is 19.5 Å². The van der Waals surface area contributed by atoms with Gasteiger partial charge in [-0.25, -0.2) is 4.98 Å². The molecule has 3 heterocycles. The van der Waals surface area contributed by atoms with Gasteiger partial charge in [0.15, 0.2) is 0 Å². The van der Waals surface area contributed by atoms with Gasteiger partial charge in [-0.3, -0.25) is 4.98 Å². The van der Waals surface area contributed by atoms with Crippen LogP contribution in [0.25, 0.3) is 77.4 Å². The van der Waals surface area contributed by atoms with Crippen LogP contribution in [0.5, 0.6) is 0 Å². The SMILES string of the molecule is CC(C)(C)c1cc(-c2nc3c(-c4cc(-c5ccccn5)c5ccccc5c4)cccc3n2C(C)(C)C)c2[nH]c3ccccc3c2c1. The molecular weight excluding hydrogens is 560 g/mol. The van der Waals surface area contributed by atoms with E-state index in [1.807, 2.05) is 12.3 Å². The number of nitrogens with one attached hydrogen (secondary N) is 1. The number of rotatable bonds is 3. The van der Waals surface area contributed by atoms with Crippen LogP contribution in [0.3, 0.4) is 0 Å². The summed E-state index contributed by atoms with van der Waals surface area (Å²) in [5.74, 6) is 0.975. The van der Waals surface area contributed by atoms with Crippen LogP contribution in [0.4, 0.5) is 0 Å². The summed E-state index contributed by atoms with van der Waals surface area (Å²) in [5.41, 5.74) is 10.9. The van der Waals surface area contributed by atoms with Crippen molar-refractivity contribution in [3.8, 4) is 33.8 Å². The van der Waals surface area contributed by atoms with Crippen LogP contribution in [0.1, 0.15) is 47.1 Å². The van der Waals surface area contributed by atoms with E-state index >= 15 is 0 Å². The Morgan fingerprint density at radius 2 is 1.39 bits per heavy atom. The number of hydrogen-bond donors (Lipinski definition) is 1. The quantitative estimate of drug-likeness (QED) is 0.220. The third kappa shape index (κ3) is 4.51. The Hall–Kier alpha value is -5.22. The van der Waals surface area contributed by atoms with Gasteiger partial charge in [-0.1, -0.05) is 81.4 Å². The van der Waals surface area contributed by atoms with Crippen molar-refractivity contribution >= 4 is 43.6 Å². The van der Waals surface area contributed by atoms with E-state index in [0.717, 1.165) is 55.8 Å². The standard InChI is InChI=1S/C42H38N4/c1-41(2,3)28-24-33-31-16-9-10-19-36(31)44-38(33)34(25-28)40-45-39-30(17-13-20-37(39)46(40)42(4,5)6)27-22-26-14-7-8-15-29(26)32(23-27)35-18-11-12-21-43-35/h7-25,44H,1-6H3. The van der Waals surface area contributed by atoms with Gasteiger partial charge in [0.25, 0.3) is 0 Å². The summed E-state index contributed by atoms with van der Waals surface area (Å²) >= 11 is 0. The number of pyridine rings is 1. The minimum Gasteiger partial charge on any atom is -0.354 e. The van der Waals surface area contributed by atoms with Gasteiger partial charge in [0.05, 0.1) is 22.2 Å². The molecule has 0 fully saturated rings. The first-order chi connectivity index (χ1) is 22.1. The predicted molar refractivity (Wildman–Crippen MR) is 194 cm³/mol. The van der Waals surface area contributed by atoms with Crippen molar-refractivity contribution in [2.24, 2.45) is 0 Å². The molecule has 0 saturated heterocycles. The summed E-state index contributed by atoms with van der Waals surface area (Å²) in [6.45, 7) is 13.7. The van der Waals surface area contributed by atoms with Crippen molar-refractivity contribution in [1.82, 2.24) is 19.5 Å². The molecule has 0 aliphatic heterocycles. The first-order valence-electron chi connectivity index (χ1n) is 16.1. The molecule has 46 heavy (non-hydrogen) atoms. The van der Waals surface area contributed by atoms with E-state index in [1.54, 1.807) is 0 Å². The van der Waals surface area contributed by atoms with Crippen molar-refractivity contribution in [3.63, 3.8) is 0 Å². The van der Waals surface area contributed by atoms with Crippen molar-refractivity contribution in [2.75, 3.05) is 0 Å². The van der Waals surface area contributed by atoms with Crippen LogP contribution in [0.15, 0.2) is 115 Å². The normalized spacial score (nSPS) is 12.6. The van der Waals surface area contributed by atoms with Crippen LogP contribution < -0.4 is 0 Å². The number of nitrogens with zero attached hydrogens (tertiary/aromatic N) is 3. The lowest BCUT2D eigenvalue weighted by molar-refractivity contribution is 0.413. The lowest BCUT2D eigenvalue weighted by atomic mass is 9.85. The molecular formula is C42H38N4. The Kier molecular flexibility index (Phi) is 6.24. The topological polar surface area (TPSA) is 46.5 Å². The predicted octanol–water partition coefficient (Wildman–Crippen LogP) is 11.3. The summed E-state index contributed by atoms with van der Waals surface area (Å²) in [5, 5.41) is 4.85. The molecule has 8 aromatic rings. The third-order valence-electron chi connectivity index (χ3n) is 9.19. The molecule has 0 aliphatic rings. The van der Waals surface area contributed by atoms with Crippen molar-refractivity contribution < 1.29 is 0 Å². The smallest absolute Gasteiger partial charge is 0.143 e. The molecule has 0 radical (unpaired) electrons. The zero-order valence-electron chi connectivity index (χ0n) is 27.3. The van der Waals surface area contributed by atoms with Gasteiger partial charge < -0.3 is 9.55 Å². The minimum atomic E-state index is -0.221. The highest BCUT2D eigenvalue weighted by Crippen LogP contribution is 2.42. The molecule has 4 heteroatoms. The fourth-order valence-electron chi connectivity index (χ4n) is 6.95. The Labute approximate surface area is 269 Å². The molecule has 0 amide bonds. The Balaban J connectivity index is 1.45. The number of benzene rings is 5. The number of para-hydroxylation sites is 2. The maximum atomic E-state index is 5.58. The highest BCUT2D eigenvalue weighted by Gasteiger charge is 2.27. The van der Waals surface area contributed by atoms with Gasteiger partial charge >= 0.3 is 0 Å². The zero-order valence-corrected chi connectivity index (χ0v) is 27.3. The second-order valence-electron chi connectivity index (χ2n) is 14.4. The number of H-pyrrole nitrogens is 1. The van der Waals surface area contributed by atoms with Crippen molar-refractivity contribution in [1.29, 1.82) is 0 Å². The third-order valence-corrected chi connectivity index (χ3v) is 9.19. The maximum Gasteiger partial charge on any atom is 0.143 e. The van der Waals surface area contributed by atoms with Gasteiger partial charge in [-0.15, -0.1) is 0 Å². The molecule has 3 aromatic heterocycles. The summed E-state index contributed by atoms with van der Waals surface area (Å²) < 4.78 is 2.43. The fraction of sp³-hybridized carbons (Fsp3) is 0.190. The van der Waals surface area contributed by atoms with Gasteiger partial charge in [0.2, 0.25) is 0 Å². The van der Waals surface area contributed by atoms with E-state index in [9.17, 15) is 0 Å². The summed E-state index contributed by atoms with van der Waals surface area (Å²) in [7, 11) is 0. The Morgan fingerprint density at radius 3 is 2.15 bits per heavy atom. The number of aromatic nitrogens is 4. The van der Waals surface area contributed by atoms with Crippen LogP contribution in [-0.2, 0) is 11.0 Å². The number of aromatic amines is 1. The van der Waals surface area contributed by atoms with Crippen molar-refractivity contribution in [3.05, 3.63) is 121 Å². The first kappa shape index (κ1) is 28.3. The van der Waals surface area contributed by atoms with E-state index in [2.05, 4.69) is 154 Å². The molecule has 0 saturated carbocycles. The first-order valence-corrected chi connectivity index (χ1v) is 16.1. The fourth-order valence-corrected chi connectivity index (χ4v) is 6.95. The van der Waals surface area contributed by atoms with E-state index in [0.29, 0.717) is 0 Å². The number of fused-ring (bicyclic) bond motifs is 5. The molecule has 5 aromatic carbocycles. The monoisotopic (exact) mass is 598 g/mol. The van der Waals surface area contributed by atoms with Gasteiger partial charge in [-0.05, 0) is 96.6 Å². The average molecular weight is 599 g/mol. The molecule has 226 valence electrons. The molecule has 0 unspecified atom stereocenters. The maximum absolute atomic E-state index is 5.58. The Morgan fingerprint density at radius 1 is 0.630 bits per heavy atom. The molecule has 0 bridgehead atoms. The second-order valence-corrected chi connectivity index (χ2v) is 14.4. The second kappa shape index (κ2) is 10.1. The molecule has 1 N–H and O–H groups in total. The molecule has 0 aliphatic carbocycles. The minimum absolute atomic E-state index is 0.0297. The zero-order chi connectivity index (χ0) is 31.8. The highest BCUT2D eigenvalue weighted by atomic mass is 15.1. The van der Waals surface area contributed by atoms with Gasteiger partial charge in [-0.2, -0.15) is 0 Å². The van der Waals surface area contributed by atoms with E-state index < -0.39 is 0 Å². The van der Waals surface area contributed by atoms with E-state index in [-0.39, 0.29) is 11.0 Å². The summed E-state index contributed by atoms with van der Waals surface area (Å²) in [6.07, 6.45) is 1.87. The summed E-state index contributed by atoms with van der Waals surface area (Å²) in [4.78, 5) is 14.1. The number of imidazole rings is 1. The van der Waals surface area contributed by atoms with Gasteiger partial charge in [0, 0.05) is 44.7 Å². The van der Waals surface area contributed by atoms with Crippen LogP contribution in [0, 0.1) is 0 Å². The Bertz CT molecular complexity index is 2430. The molecule has 0 spiro atoms. The largest absolute Gasteiger partial charge is 0.354 e. The van der Waals surface area contributed by atoms with E-state index in [1.165, 1.54) is 27.1 Å².